The zero-order valence-corrected chi connectivity index (χ0v) is 14.6. The number of benzene rings is 1. The van der Waals surface area contributed by atoms with Crippen LogP contribution in [-0.2, 0) is 9.59 Å². The van der Waals surface area contributed by atoms with Crippen LogP contribution < -0.4 is 10.2 Å². The van der Waals surface area contributed by atoms with Crippen LogP contribution in [0.4, 0.5) is 24.5 Å². The Kier molecular flexibility index (Phi) is 5.11. The van der Waals surface area contributed by atoms with Crippen LogP contribution in [0.2, 0.25) is 0 Å². The quantitative estimate of drug-likeness (QED) is 0.888. The number of aryl methyl sites for hydroxylation is 1. The Balaban J connectivity index is 1.61. The lowest BCUT2D eigenvalue weighted by Gasteiger charge is -2.21. The lowest BCUT2D eigenvalue weighted by molar-refractivity contribution is -0.157. The van der Waals surface area contributed by atoms with E-state index in [0.29, 0.717) is 10.6 Å². The van der Waals surface area contributed by atoms with Crippen molar-refractivity contribution in [1.29, 1.82) is 0 Å². The molecule has 26 heavy (non-hydrogen) atoms. The maximum Gasteiger partial charge on any atom is 0.406 e. The van der Waals surface area contributed by atoms with E-state index in [4.69, 9.17) is 0 Å². The summed E-state index contributed by atoms with van der Waals surface area (Å²) in [5, 5.41) is 2.73. The van der Waals surface area contributed by atoms with Crippen LogP contribution in [0, 0.1) is 12.8 Å². The van der Waals surface area contributed by atoms with Crippen LogP contribution in [0.3, 0.4) is 0 Å². The molecule has 2 aliphatic heterocycles. The summed E-state index contributed by atoms with van der Waals surface area (Å²) < 4.78 is 37.4. The van der Waals surface area contributed by atoms with Crippen molar-refractivity contribution in [1.82, 2.24) is 4.90 Å². The summed E-state index contributed by atoms with van der Waals surface area (Å²) in [7, 11) is 0. The fourth-order valence-corrected chi connectivity index (χ4v) is 3.61. The Morgan fingerprint density at radius 1 is 1.27 bits per heavy atom. The molecule has 0 spiro atoms. The Morgan fingerprint density at radius 2 is 1.96 bits per heavy atom. The van der Waals surface area contributed by atoms with Crippen molar-refractivity contribution in [3.8, 4) is 0 Å². The second kappa shape index (κ2) is 7.17. The SMILES string of the molecule is Cc1cc(NC(=O)C2CC(=O)N(CC(F)(F)F)C2)ccc1N1CCCC1. The van der Waals surface area contributed by atoms with E-state index in [0.717, 1.165) is 24.3 Å². The molecule has 1 atom stereocenters. The van der Waals surface area contributed by atoms with E-state index < -0.39 is 30.5 Å². The first-order valence-electron chi connectivity index (χ1n) is 8.74. The third-order valence-electron chi connectivity index (χ3n) is 4.87. The molecule has 1 aromatic rings. The van der Waals surface area contributed by atoms with Gasteiger partial charge >= 0.3 is 6.18 Å². The first-order valence-corrected chi connectivity index (χ1v) is 8.74. The summed E-state index contributed by atoms with van der Waals surface area (Å²) >= 11 is 0. The summed E-state index contributed by atoms with van der Waals surface area (Å²) in [6.07, 6.45) is -2.31. The van der Waals surface area contributed by atoms with Gasteiger partial charge in [-0.25, -0.2) is 0 Å². The van der Waals surface area contributed by atoms with Crippen molar-refractivity contribution in [3.05, 3.63) is 23.8 Å². The summed E-state index contributed by atoms with van der Waals surface area (Å²) in [6.45, 7) is 2.50. The molecule has 3 rings (SSSR count). The van der Waals surface area contributed by atoms with E-state index in [-0.39, 0.29) is 13.0 Å². The standard InChI is InChI=1S/C18H22F3N3O2/c1-12-8-14(4-5-15(12)23-6-2-3-7-23)22-17(26)13-9-16(25)24(10-13)11-18(19,20)21/h4-5,8,13H,2-3,6-7,9-11H2,1H3,(H,22,26). The van der Waals surface area contributed by atoms with Gasteiger partial charge in [0.15, 0.2) is 0 Å². The predicted molar refractivity (Wildman–Crippen MR) is 92.0 cm³/mol. The highest BCUT2D eigenvalue weighted by Gasteiger charge is 2.40. The highest BCUT2D eigenvalue weighted by molar-refractivity contribution is 5.97. The van der Waals surface area contributed by atoms with E-state index in [1.807, 2.05) is 19.1 Å². The molecule has 0 aromatic heterocycles. The number of rotatable bonds is 4. The third kappa shape index (κ3) is 4.28. The summed E-state index contributed by atoms with van der Waals surface area (Å²) in [6, 6.07) is 5.60. The van der Waals surface area contributed by atoms with Crippen molar-refractivity contribution < 1.29 is 22.8 Å². The van der Waals surface area contributed by atoms with Crippen molar-refractivity contribution in [2.75, 3.05) is 36.4 Å². The van der Waals surface area contributed by atoms with Crippen molar-refractivity contribution >= 4 is 23.2 Å². The molecule has 1 unspecified atom stereocenters. The van der Waals surface area contributed by atoms with E-state index in [1.165, 1.54) is 12.8 Å². The van der Waals surface area contributed by atoms with Gasteiger partial charge in [0.2, 0.25) is 11.8 Å². The molecule has 2 heterocycles. The fourth-order valence-electron chi connectivity index (χ4n) is 3.61. The van der Waals surface area contributed by atoms with Gasteiger partial charge in [0.05, 0.1) is 5.92 Å². The normalized spacial score (nSPS) is 20.8. The molecule has 1 N–H and O–H groups in total. The maximum absolute atomic E-state index is 12.5. The molecule has 142 valence electrons. The number of alkyl halides is 3. The van der Waals surface area contributed by atoms with Crippen LogP contribution in [-0.4, -0.2) is 49.1 Å². The highest BCUT2D eigenvalue weighted by atomic mass is 19.4. The van der Waals surface area contributed by atoms with Crippen molar-refractivity contribution in [3.63, 3.8) is 0 Å². The molecule has 8 heteroatoms. The van der Waals surface area contributed by atoms with Gasteiger partial charge in [-0.3, -0.25) is 9.59 Å². The maximum atomic E-state index is 12.5. The molecule has 0 aliphatic carbocycles. The second-order valence-electron chi connectivity index (χ2n) is 6.98. The van der Waals surface area contributed by atoms with E-state index in [9.17, 15) is 22.8 Å². The number of carbonyl (C=O) groups is 2. The lowest BCUT2D eigenvalue weighted by Crippen LogP contribution is -2.36. The number of halogens is 3. The number of hydrogen-bond donors (Lipinski definition) is 1. The van der Waals surface area contributed by atoms with Crippen LogP contribution in [0.5, 0.6) is 0 Å². The second-order valence-corrected chi connectivity index (χ2v) is 6.98. The van der Waals surface area contributed by atoms with Crippen molar-refractivity contribution in [2.45, 2.75) is 32.4 Å². The first kappa shape index (κ1) is 18.5. The monoisotopic (exact) mass is 369 g/mol. The molecule has 0 saturated carbocycles. The summed E-state index contributed by atoms with van der Waals surface area (Å²) in [4.78, 5) is 27.0. The van der Waals surface area contributed by atoms with Gasteiger partial charge in [0, 0.05) is 37.4 Å². The van der Waals surface area contributed by atoms with E-state index in [2.05, 4.69) is 10.2 Å². The van der Waals surface area contributed by atoms with Gasteiger partial charge in [-0.1, -0.05) is 0 Å². The molecule has 2 amide bonds. The average Bonchev–Trinajstić information content (AvgIpc) is 3.17. The van der Waals surface area contributed by atoms with Gasteiger partial charge in [0.1, 0.15) is 6.54 Å². The third-order valence-corrected chi connectivity index (χ3v) is 4.87. The van der Waals surface area contributed by atoms with Crippen LogP contribution in [0.1, 0.15) is 24.8 Å². The zero-order chi connectivity index (χ0) is 18.9. The average molecular weight is 369 g/mol. The van der Waals surface area contributed by atoms with Gasteiger partial charge < -0.3 is 15.1 Å². The zero-order valence-electron chi connectivity index (χ0n) is 14.6. The minimum absolute atomic E-state index is 0.188. The van der Waals surface area contributed by atoms with Crippen molar-refractivity contribution in [2.24, 2.45) is 5.92 Å². The Hall–Kier alpha value is -2.25. The van der Waals surface area contributed by atoms with Crippen LogP contribution in [0.15, 0.2) is 18.2 Å². The molecular weight excluding hydrogens is 347 g/mol. The number of nitrogens with zero attached hydrogens (tertiary/aromatic N) is 2. The van der Waals surface area contributed by atoms with E-state index >= 15 is 0 Å². The Morgan fingerprint density at radius 3 is 2.58 bits per heavy atom. The van der Waals surface area contributed by atoms with Gasteiger partial charge in [-0.15, -0.1) is 0 Å². The summed E-state index contributed by atoms with van der Waals surface area (Å²) in [5.41, 5.74) is 2.76. The van der Waals surface area contributed by atoms with Gasteiger partial charge in [-0.05, 0) is 43.5 Å². The number of carbonyl (C=O) groups excluding carboxylic acids is 2. The minimum atomic E-state index is -4.45. The Bertz CT molecular complexity index is 699. The lowest BCUT2D eigenvalue weighted by atomic mass is 10.1. The van der Waals surface area contributed by atoms with Gasteiger partial charge in [-0.2, -0.15) is 13.2 Å². The number of likely N-dealkylation sites (tertiary alicyclic amines) is 1. The number of nitrogens with one attached hydrogen (secondary N) is 1. The Labute approximate surface area is 150 Å². The number of hydrogen-bond acceptors (Lipinski definition) is 3. The summed E-state index contributed by atoms with van der Waals surface area (Å²) in [5.74, 6) is -1.82. The van der Waals surface area contributed by atoms with Crippen LogP contribution in [0.25, 0.3) is 0 Å². The fraction of sp³-hybridized carbons (Fsp3) is 0.556. The molecule has 2 fully saturated rings. The molecule has 2 aliphatic rings. The topological polar surface area (TPSA) is 52.7 Å². The van der Waals surface area contributed by atoms with E-state index in [1.54, 1.807) is 6.07 Å². The molecule has 0 bridgehead atoms. The first-order chi connectivity index (χ1) is 12.2. The molecule has 5 nitrogen and oxygen atoms in total. The molecule has 2 saturated heterocycles. The van der Waals surface area contributed by atoms with Gasteiger partial charge in [0.25, 0.3) is 0 Å². The molecular formula is C18H22F3N3O2. The smallest absolute Gasteiger partial charge is 0.371 e. The number of anilines is 2. The number of amides is 2. The predicted octanol–water partition coefficient (Wildman–Crippen LogP) is 2.94. The van der Waals surface area contributed by atoms with Crippen LogP contribution >= 0.6 is 0 Å². The highest BCUT2D eigenvalue weighted by Crippen LogP contribution is 2.28. The largest absolute Gasteiger partial charge is 0.406 e. The molecule has 1 aromatic carbocycles. The minimum Gasteiger partial charge on any atom is -0.371 e. The molecule has 0 radical (unpaired) electrons.